The van der Waals surface area contributed by atoms with Gasteiger partial charge in [-0.3, -0.25) is 0 Å². The van der Waals surface area contributed by atoms with E-state index in [2.05, 4.69) is 21.4 Å². The Hall–Kier alpha value is -2.41. The van der Waals surface area contributed by atoms with Gasteiger partial charge in [0.15, 0.2) is 0 Å². The Bertz CT molecular complexity index is 557. The van der Waals surface area contributed by atoms with Crippen molar-refractivity contribution in [1.82, 2.24) is 9.97 Å². The Kier molecular flexibility index (Phi) is 3.31. The topological polar surface area (TPSA) is 61.6 Å². The van der Waals surface area contributed by atoms with Crippen molar-refractivity contribution in [2.45, 2.75) is 13.5 Å². The summed E-state index contributed by atoms with van der Waals surface area (Å²) in [5.74, 6) is 1.53. The fourth-order valence-electron chi connectivity index (χ4n) is 1.50. The molecule has 0 aliphatic rings. The zero-order valence-corrected chi connectivity index (χ0v) is 9.51. The highest BCUT2D eigenvalue weighted by molar-refractivity contribution is 5.37. The lowest BCUT2D eigenvalue weighted by Gasteiger charge is -2.06. The summed E-state index contributed by atoms with van der Waals surface area (Å²) in [4.78, 5) is 8.27. The Morgan fingerprint density at radius 3 is 3.00 bits per heavy atom. The second kappa shape index (κ2) is 5.08. The van der Waals surface area contributed by atoms with Gasteiger partial charge in [-0.15, -0.1) is 0 Å². The van der Waals surface area contributed by atoms with E-state index in [0.29, 0.717) is 12.1 Å². The van der Waals surface area contributed by atoms with Gasteiger partial charge in [-0.2, -0.15) is 5.26 Å². The number of hydrogen-bond acceptors (Lipinski definition) is 4. The molecule has 0 amide bonds. The number of nitriles is 1. The second-order valence-corrected chi connectivity index (χ2v) is 3.65. The molecule has 0 aliphatic carbocycles. The fourth-order valence-corrected chi connectivity index (χ4v) is 1.50. The Labute approximate surface area is 100.0 Å². The van der Waals surface area contributed by atoms with Gasteiger partial charge in [0.1, 0.15) is 11.6 Å². The second-order valence-electron chi connectivity index (χ2n) is 3.65. The molecule has 0 unspecified atom stereocenters. The Morgan fingerprint density at radius 1 is 1.35 bits per heavy atom. The summed E-state index contributed by atoms with van der Waals surface area (Å²) in [5, 5.41) is 12.0. The molecule has 4 heteroatoms. The highest BCUT2D eigenvalue weighted by atomic mass is 15.0. The van der Waals surface area contributed by atoms with Crippen LogP contribution in [0.3, 0.4) is 0 Å². The smallest absolute Gasteiger partial charge is 0.129 e. The maximum atomic E-state index is 8.79. The molecule has 0 radical (unpaired) electrons. The molecule has 2 rings (SSSR count). The lowest BCUT2D eigenvalue weighted by Crippen LogP contribution is -2.02. The van der Waals surface area contributed by atoms with Gasteiger partial charge in [-0.05, 0) is 30.7 Å². The summed E-state index contributed by atoms with van der Waals surface area (Å²) in [5.41, 5.74) is 1.73. The van der Waals surface area contributed by atoms with Crippen molar-refractivity contribution >= 4 is 5.82 Å². The molecule has 0 saturated carbocycles. The molecule has 2 aromatic rings. The van der Waals surface area contributed by atoms with Gasteiger partial charge in [0, 0.05) is 12.7 Å². The summed E-state index contributed by atoms with van der Waals surface area (Å²) in [6.07, 6.45) is 1.72. The maximum absolute atomic E-state index is 8.79. The molecule has 0 atom stereocenters. The number of aromatic nitrogens is 2. The van der Waals surface area contributed by atoms with Crippen molar-refractivity contribution in [1.29, 1.82) is 5.26 Å². The van der Waals surface area contributed by atoms with Crippen LogP contribution in [0.1, 0.15) is 17.0 Å². The van der Waals surface area contributed by atoms with Crippen LogP contribution in [0.5, 0.6) is 0 Å². The molecule has 1 aromatic heterocycles. The van der Waals surface area contributed by atoms with E-state index in [4.69, 9.17) is 5.26 Å². The molecule has 84 valence electrons. The lowest BCUT2D eigenvalue weighted by atomic mass is 10.1. The average molecular weight is 224 g/mol. The van der Waals surface area contributed by atoms with Gasteiger partial charge in [0.2, 0.25) is 0 Å². The van der Waals surface area contributed by atoms with E-state index in [1.807, 2.05) is 31.2 Å². The first-order valence-corrected chi connectivity index (χ1v) is 5.30. The third-order valence-electron chi connectivity index (χ3n) is 2.31. The number of nitrogens with zero attached hydrogens (tertiary/aromatic N) is 3. The van der Waals surface area contributed by atoms with Crippen LogP contribution in [0.4, 0.5) is 5.82 Å². The van der Waals surface area contributed by atoms with E-state index < -0.39 is 0 Å². The van der Waals surface area contributed by atoms with Gasteiger partial charge in [-0.1, -0.05) is 12.1 Å². The van der Waals surface area contributed by atoms with Crippen LogP contribution < -0.4 is 5.32 Å². The van der Waals surface area contributed by atoms with Crippen molar-refractivity contribution in [2.24, 2.45) is 0 Å². The minimum absolute atomic E-state index is 0.645. The van der Waals surface area contributed by atoms with Gasteiger partial charge >= 0.3 is 0 Å². The number of anilines is 1. The van der Waals surface area contributed by atoms with Gasteiger partial charge in [0.25, 0.3) is 0 Å². The predicted octanol–water partition coefficient (Wildman–Crippen LogP) is 2.27. The SMILES string of the molecule is Cc1nccc(NCc2cccc(C#N)c2)n1. The van der Waals surface area contributed by atoms with E-state index in [0.717, 1.165) is 17.2 Å². The van der Waals surface area contributed by atoms with E-state index in [1.165, 1.54) is 0 Å². The molecule has 0 spiro atoms. The normalized spacial score (nSPS) is 9.65. The first-order valence-electron chi connectivity index (χ1n) is 5.30. The number of benzene rings is 1. The molecule has 1 N–H and O–H groups in total. The summed E-state index contributed by atoms with van der Waals surface area (Å²) in [7, 11) is 0. The first-order chi connectivity index (χ1) is 8.28. The molecule has 0 bridgehead atoms. The fraction of sp³-hybridized carbons (Fsp3) is 0.154. The van der Waals surface area contributed by atoms with Crippen LogP contribution in [-0.4, -0.2) is 9.97 Å². The number of nitrogens with one attached hydrogen (secondary N) is 1. The van der Waals surface area contributed by atoms with Crippen LogP contribution in [-0.2, 0) is 6.54 Å². The lowest BCUT2D eigenvalue weighted by molar-refractivity contribution is 1.02. The van der Waals surface area contributed by atoms with Crippen LogP contribution in [0.25, 0.3) is 0 Å². The third-order valence-corrected chi connectivity index (χ3v) is 2.31. The van der Waals surface area contributed by atoms with Gasteiger partial charge in [0.05, 0.1) is 11.6 Å². The van der Waals surface area contributed by atoms with E-state index in [-0.39, 0.29) is 0 Å². The van der Waals surface area contributed by atoms with Crippen molar-refractivity contribution in [3.8, 4) is 6.07 Å². The molecule has 1 aromatic carbocycles. The number of aryl methyl sites for hydroxylation is 1. The highest BCUT2D eigenvalue weighted by Crippen LogP contribution is 2.07. The van der Waals surface area contributed by atoms with Crippen LogP contribution >= 0.6 is 0 Å². The summed E-state index contributed by atoms with van der Waals surface area (Å²) < 4.78 is 0. The molecule has 0 saturated heterocycles. The Morgan fingerprint density at radius 2 is 2.24 bits per heavy atom. The molecular weight excluding hydrogens is 212 g/mol. The number of hydrogen-bond donors (Lipinski definition) is 1. The van der Waals surface area contributed by atoms with Crippen molar-refractivity contribution in [3.05, 3.63) is 53.5 Å². The van der Waals surface area contributed by atoms with Crippen molar-refractivity contribution in [2.75, 3.05) is 5.32 Å². The van der Waals surface area contributed by atoms with E-state index >= 15 is 0 Å². The largest absolute Gasteiger partial charge is 0.366 e. The Balaban J connectivity index is 2.05. The highest BCUT2D eigenvalue weighted by Gasteiger charge is 1.97. The summed E-state index contributed by atoms with van der Waals surface area (Å²) in [6, 6.07) is 11.4. The van der Waals surface area contributed by atoms with Gasteiger partial charge in [-0.25, -0.2) is 9.97 Å². The predicted molar refractivity (Wildman–Crippen MR) is 65.3 cm³/mol. The maximum Gasteiger partial charge on any atom is 0.129 e. The molecule has 17 heavy (non-hydrogen) atoms. The summed E-state index contributed by atoms with van der Waals surface area (Å²) >= 11 is 0. The average Bonchev–Trinajstić information content (AvgIpc) is 2.37. The first kappa shape index (κ1) is 11.1. The molecule has 1 heterocycles. The van der Waals surface area contributed by atoms with Crippen LogP contribution in [0.15, 0.2) is 36.5 Å². The zero-order chi connectivity index (χ0) is 12.1. The zero-order valence-electron chi connectivity index (χ0n) is 9.51. The minimum atomic E-state index is 0.645. The molecule has 0 aliphatic heterocycles. The summed E-state index contributed by atoms with van der Waals surface area (Å²) in [6.45, 7) is 2.49. The van der Waals surface area contributed by atoms with Crippen molar-refractivity contribution < 1.29 is 0 Å². The minimum Gasteiger partial charge on any atom is -0.366 e. The van der Waals surface area contributed by atoms with Crippen LogP contribution in [0, 0.1) is 18.3 Å². The third kappa shape index (κ3) is 3.02. The van der Waals surface area contributed by atoms with Crippen LogP contribution in [0.2, 0.25) is 0 Å². The number of rotatable bonds is 3. The van der Waals surface area contributed by atoms with E-state index in [9.17, 15) is 0 Å². The van der Waals surface area contributed by atoms with Crippen molar-refractivity contribution in [3.63, 3.8) is 0 Å². The molecular formula is C13H12N4. The van der Waals surface area contributed by atoms with Gasteiger partial charge < -0.3 is 5.32 Å². The molecule has 0 fully saturated rings. The quantitative estimate of drug-likeness (QED) is 0.868. The monoisotopic (exact) mass is 224 g/mol. The van der Waals surface area contributed by atoms with E-state index in [1.54, 1.807) is 12.3 Å². The standard InChI is InChI=1S/C13H12N4/c1-10-15-6-5-13(17-10)16-9-12-4-2-3-11(7-12)8-14/h2-7H,9H2,1H3,(H,15,16,17). The molecule has 4 nitrogen and oxygen atoms in total.